The first-order valence-corrected chi connectivity index (χ1v) is 6.71. The van der Waals surface area contributed by atoms with Crippen molar-refractivity contribution < 1.29 is 4.74 Å². The zero-order valence-corrected chi connectivity index (χ0v) is 11.9. The van der Waals surface area contributed by atoms with E-state index in [1.807, 2.05) is 30.3 Å². The van der Waals surface area contributed by atoms with Crippen molar-refractivity contribution in [3.05, 3.63) is 36.5 Å². The third-order valence-corrected chi connectivity index (χ3v) is 3.09. The summed E-state index contributed by atoms with van der Waals surface area (Å²) in [6, 6.07) is 9.64. The molecule has 5 nitrogen and oxygen atoms in total. The number of para-hydroxylation sites is 1. The summed E-state index contributed by atoms with van der Waals surface area (Å²) in [6.45, 7) is 4.32. The van der Waals surface area contributed by atoms with Gasteiger partial charge in [-0.1, -0.05) is 12.1 Å². The molecule has 0 atom stereocenters. The number of ether oxygens (including phenoxy) is 1. The lowest BCUT2D eigenvalue weighted by atomic mass is 10.2. The van der Waals surface area contributed by atoms with E-state index in [-0.39, 0.29) is 0 Å². The summed E-state index contributed by atoms with van der Waals surface area (Å²) in [5.41, 5.74) is 6.52. The lowest BCUT2D eigenvalue weighted by Crippen LogP contribution is -2.29. The van der Waals surface area contributed by atoms with Gasteiger partial charge in [-0.05, 0) is 25.1 Å². The highest BCUT2D eigenvalue weighted by Crippen LogP contribution is 2.27. The van der Waals surface area contributed by atoms with Gasteiger partial charge in [0.05, 0.1) is 12.7 Å². The largest absolute Gasteiger partial charge is 0.496 e. The third kappa shape index (κ3) is 3.05. The summed E-state index contributed by atoms with van der Waals surface area (Å²) in [7, 11) is 1.65. The summed E-state index contributed by atoms with van der Waals surface area (Å²) < 4.78 is 5.36. The number of nitrogens with two attached hydrogens (primary N) is 1. The maximum absolute atomic E-state index is 5.63. The summed E-state index contributed by atoms with van der Waals surface area (Å²) in [5, 5.41) is 0. The van der Waals surface area contributed by atoms with Crippen molar-refractivity contribution in [3.63, 3.8) is 0 Å². The van der Waals surface area contributed by atoms with Gasteiger partial charge in [0.2, 0.25) is 0 Å². The molecular formula is C15H20N4O. The fraction of sp³-hybridized carbons (Fsp3) is 0.333. The van der Waals surface area contributed by atoms with Gasteiger partial charge in [-0.2, -0.15) is 0 Å². The molecule has 0 bridgehead atoms. The van der Waals surface area contributed by atoms with Crippen molar-refractivity contribution in [2.75, 3.05) is 31.6 Å². The minimum atomic E-state index is 0.599. The standard InChI is InChI=1S/C15H20N4O/c1-3-19(11-9-16)14-8-10-17-15(18-14)12-6-4-5-7-13(12)20-2/h4-8,10H,3,9,11,16H2,1-2H3. The van der Waals surface area contributed by atoms with Crippen LogP contribution in [0.2, 0.25) is 0 Å². The van der Waals surface area contributed by atoms with E-state index in [1.165, 1.54) is 0 Å². The predicted octanol–water partition coefficient (Wildman–Crippen LogP) is 1.94. The Labute approximate surface area is 119 Å². The van der Waals surface area contributed by atoms with E-state index >= 15 is 0 Å². The molecule has 5 heteroatoms. The second kappa shape index (κ2) is 6.86. The molecule has 1 aromatic heterocycles. The summed E-state index contributed by atoms with van der Waals surface area (Å²) in [6.07, 6.45) is 1.77. The molecule has 106 valence electrons. The van der Waals surface area contributed by atoms with E-state index < -0.39 is 0 Å². The minimum Gasteiger partial charge on any atom is -0.496 e. The van der Waals surface area contributed by atoms with Crippen LogP contribution in [-0.2, 0) is 0 Å². The average molecular weight is 272 g/mol. The molecule has 20 heavy (non-hydrogen) atoms. The number of methoxy groups -OCH3 is 1. The van der Waals surface area contributed by atoms with Gasteiger partial charge in [0.1, 0.15) is 11.6 Å². The van der Waals surface area contributed by atoms with Crippen LogP contribution in [0.15, 0.2) is 36.5 Å². The van der Waals surface area contributed by atoms with Gasteiger partial charge < -0.3 is 15.4 Å². The molecule has 0 spiro atoms. The number of anilines is 1. The van der Waals surface area contributed by atoms with E-state index in [1.54, 1.807) is 13.3 Å². The average Bonchev–Trinajstić information content (AvgIpc) is 2.52. The van der Waals surface area contributed by atoms with Crippen molar-refractivity contribution in [3.8, 4) is 17.1 Å². The lowest BCUT2D eigenvalue weighted by molar-refractivity contribution is 0.416. The Kier molecular flexibility index (Phi) is 4.90. The van der Waals surface area contributed by atoms with Gasteiger partial charge in [-0.25, -0.2) is 9.97 Å². The normalized spacial score (nSPS) is 10.3. The zero-order chi connectivity index (χ0) is 14.4. The number of nitrogens with zero attached hydrogens (tertiary/aromatic N) is 3. The van der Waals surface area contributed by atoms with Crippen LogP contribution in [0.1, 0.15) is 6.92 Å². The molecule has 0 unspecified atom stereocenters. The topological polar surface area (TPSA) is 64.3 Å². The molecular weight excluding hydrogens is 252 g/mol. The molecule has 0 aliphatic rings. The van der Waals surface area contributed by atoms with Crippen molar-refractivity contribution in [1.82, 2.24) is 9.97 Å². The Balaban J connectivity index is 2.38. The highest BCUT2D eigenvalue weighted by molar-refractivity contribution is 5.65. The van der Waals surface area contributed by atoms with E-state index in [2.05, 4.69) is 21.8 Å². The van der Waals surface area contributed by atoms with Crippen LogP contribution < -0.4 is 15.4 Å². The Hall–Kier alpha value is -2.14. The zero-order valence-electron chi connectivity index (χ0n) is 11.9. The first kappa shape index (κ1) is 14.3. The maximum Gasteiger partial charge on any atom is 0.165 e. The van der Waals surface area contributed by atoms with Gasteiger partial charge >= 0.3 is 0 Å². The number of benzene rings is 1. The SMILES string of the molecule is CCN(CCN)c1ccnc(-c2ccccc2OC)n1. The van der Waals surface area contributed by atoms with Crippen molar-refractivity contribution in [2.45, 2.75) is 6.92 Å². The van der Waals surface area contributed by atoms with E-state index in [0.717, 1.165) is 30.2 Å². The number of hydrogen-bond acceptors (Lipinski definition) is 5. The molecule has 0 fully saturated rings. The molecule has 0 aliphatic heterocycles. The molecule has 1 heterocycles. The first-order valence-electron chi connectivity index (χ1n) is 6.71. The molecule has 2 rings (SSSR count). The molecule has 0 amide bonds. The van der Waals surface area contributed by atoms with Crippen LogP contribution in [0.5, 0.6) is 5.75 Å². The fourth-order valence-electron chi connectivity index (χ4n) is 2.07. The van der Waals surface area contributed by atoms with Crippen LogP contribution in [0, 0.1) is 0 Å². The van der Waals surface area contributed by atoms with Crippen LogP contribution in [-0.4, -0.2) is 36.7 Å². The second-order valence-corrected chi connectivity index (χ2v) is 4.31. The van der Waals surface area contributed by atoms with Gasteiger partial charge in [-0.15, -0.1) is 0 Å². The van der Waals surface area contributed by atoms with Gasteiger partial charge in [0, 0.05) is 25.8 Å². The Morgan fingerprint density at radius 3 is 2.75 bits per heavy atom. The van der Waals surface area contributed by atoms with Crippen LogP contribution in [0.25, 0.3) is 11.4 Å². The fourth-order valence-corrected chi connectivity index (χ4v) is 2.07. The number of rotatable bonds is 6. The van der Waals surface area contributed by atoms with Gasteiger partial charge in [0.15, 0.2) is 5.82 Å². The highest BCUT2D eigenvalue weighted by Gasteiger charge is 2.11. The predicted molar refractivity (Wildman–Crippen MR) is 81.0 cm³/mol. The Bertz CT molecular complexity index is 559. The van der Waals surface area contributed by atoms with Gasteiger partial charge in [0.25, 0.3) is 0 Å². The summed E-state index contributed by atoms with van der Waals surface area (Å²) in [4.78, 5) is 11.1. The maximum atomic E-state index is 5.63. The first-order chi connectivity index (χ1) is 9.80. The monoisotopic (exact) mass is 272 g/mol. The Morgan fingerprint density at radius 2 is 2.05 bits per heavy atom. The number of aromatic nitrogens is 2. The molecule has 2 N–H and O–H groups in total. The van der Waals surface area contributed by atoms with E-state index in [9.17, 15) is 0 Å². The van der Waals surface area contributed by atoms with Crippen LogP contribution >= 0.6 is 0 Å². The number of hydrogen-bond donors (Lipinski definition) is 1. The molecule has 2 aromatic rings. The molecule has 0 aliphatic carbocycles. The molecule has 0 radical (unpaired) electrons. The van der Waals surface area contributed by atoms with Gasteiger partial charge in [-0.3, -0.25) is 0 Å². The third-order valence-electron chi connectivity index (χ3n) is 3.09. The molecule has 1 aromatic carbocycles. The van der Waals surface area contributed by atoms with Crippen molar-refractivity contribution in [1.29, 1.82) is 0 Å². The second-order valence-electron chi connectivity index (χ2n) is 4.31. The summed E-state index contributed by atoms with van der Waals surface area (Å²) >= 11 is 0. The van der Waals surface area contributed by atoms with Crippen molar-refractivity contribution in [2.24, 2.45) is 5.73 Å². The number of likely N-dealkylation sites (N-methyl/N-ethyl adjacent to an activating group) is 1. The molecule has 0 saturated heterocycles. The summed E-state index contributed by atoms with van der Waals surface area (Å²) in [5.74, 6) is 2.32. The molecule has 0 saturated carbocycles. The van der Waals surface area contributed by atoms with Crippen LogP contribution in [0.4, 0.5) is 5.82 Å². The van der Waals surface area contributed by atoms with E-state index in [0.29, 0.717) is 12.4 Å². The Morgan fingerprint density at radius 1 is 1.25 bits per heavy atom. The smallest absolute Gasteiger partial charge is 0.165 e. The highest BCUT2D eigenvalue weighted by atomic mass is 16.5. The quantitative estimate of drug-likeness (QED) is 0.870. The minimum absolute atomic E-state index is 0.599. The van der Waals surface area contributed by atoms with E-state index in [4.69, 9.17) is 10.5 Å². The lowest BCUT2D eigenvalue weighted by Gasteiger charge is -2.21. The van der Waals surface area contributed by atoms with Crippen molar-refractivity contribution >= 4 is 5.82 Å². The van der Waals surface area contributed by atoms with Crippen LogP contribution in [0.3, 0.4) is 0 Å².